The Labute approximate surface area is 460 Å². The van der Waals surface area contributed by atoms with E-state index in [1.54, 1.807) is 0 Å². The first kappa shape index (κ1) is 70.0. The van der Waals surface area contributed by atoms with Crippen molar-refractivity contribution in [3.63, 3.8) is 0 Å². The molecule has 0 saturated heterocycles. The second-order valence-corrected chi connectivity index (χ2v) is 19.1. The summed E-state index contributed by atoms with van der Waals surface area (Å²) in [6, 6.07) is 0. The normalized spacial score (nSPS) is 13.3. The number of ether oxygens (including phenoxy) is 3. The van der Waals surface area contributed by atoms with Crippen molar-refractivity contribution in [1.82, 2.24) is 0 Å². The van der Waals surface area contributed by atoms with Crippen molar-refractivity contribution in [3.8, 4) is 0 Å². The van der Waals surface area contributed by atoms with Crippen LogP contribution in [0.5, 0.6) is 0 Å². The molecule has 0 N–H and O–H groups in total. The van der Waals surface area contributed by atoms with Crippen molar-refractivity contribution in [2.24, 2.45) is 0 Å². The monoisotopic (exact) mass is 1030 g/mol. The van der Waals surface area contributed by atoms with E-state index in [0.717, 1.165) is 173 Å². The second-order valence-electron chi connectivity index (χ2n) is 19.1. The number of hydrogen-bond acceptors (Lipinski definition) is 6. The molecule has 0 aromatic carbocycles. The van der Waals surface area contributed by atoms with Gasteiger partial charge in [-0.25, -0.2) is 0 Å². The van der Waals surface area contributed by atoms with E-state index in [1.807, 2.05) is 0 Å². The number of esters is 3. The Morgan fingerprint density at radius 2 is 0.520 bits per heavy atom. The van der Waals surface area contributed by atoms with E-state index in [9.17, 15) is 14.4 Å². The fraction of sp³-hybridized carbons (Fsp3) is 0.580. The largest absolute Gasteiger partial charge is 0.462 e. The number of unbranched alkanes of at least 4 members (excludes halogenated alkanes) is 15. The molecule has 0 spiro atoms. The van der Waals surface area contributed by atoms with Gasteiger partial charge >= 0.3 is 17.9 Å². The van der Waals surface area contributed by atoms with Gasteiger partial charge in [-0.05, 0) is 141 Å². The third kappa shape index (κ3) is 59.8. The summed E-state index contributed by atoms with van der Waals surface area (Å²) in [6.07, 6.45) is 89.5. The molecule has 6 heteroatoms. The quantitative estimate of drug-likeness (QED) is 0.0261. The molecule has 0 aliphatic carbocycles. The smallest absolute Gasteiger partial charge is 0.306 e. The zero-order chi connectivity index (χ0) is 54.3. The van der Waals surface area contributed by atoms with Gasteiger partial charge in [-0.3, -0.25) is 14.4 Å². The molecule has 0 amide bonds. The van der Waals surface area contributed by atoms with Crippen molar-refractivity contribution < 1.29 is 28.6 Å². The molecular weight excluding hydrogens is 925 g/mol. The molecular formula is C69H108O6. The molecule has 1 atom stereocenters. The minimum Gasteiger partial charge on any atom is -0.462 e. The van der Waals surface area contributed by atoms with Crippen LogP contribution in [0.4, 0.5) is 0 Å². The lowest BCUT2D eigenvalue weighted by Gasteiger charge is -2.18. The zero-order valence-electron chi connectivity index (χ0n) is 48.0. The second kappa shape index (κ2) is 61.6. The van der Waals surface area contributed by atoms with Crippen molar-refractivity contribution in [1.29, 1.82) is 0 Å². The van der Waals surface area contributed by atoms with Crippen LogP contribution in [-0.4, -0.2) is 37.2 Å². The maximum Gasteiger partial charge on any atom is 0.306 e. The Bertz CT molecular complexity index is 1710. The molecule has 6 nitrogen and oxygen atoms in total. The highest BCUT2D eigenvalue weighted by molar-refractivity contribution is 5.71. The summed E-state index contributed by atoms with van der Waals surface area (Å²) in [6.45, 7) is 6.31. The Hall–Kier alpha value is -4.97. The van der Waals surface area contributed by atoms with Crippen LogP contribution in [0.15, 0.2) is 158 Å². The van der Waals surface area contributed by atoms with Gasteiger partial charge in [0.25, 0.3) is 0 Å². The maximum absolute atomic E-state index is 12.9. The molecule has 0 fully saturated rings. The SMILES string of the molecule is CC/C=C\C/C=C\C/C=C\C/C=C\C/C=C\C/C=C\C/C=C\CCCCCC(=O)OCC(COC(=O)CCCCCCC/C=C\CCCC)OC(=O)CCCCCCC/C=C\C/C=C\C/C=C\C/C=C\C/C=C\CC. The molecule has 1 unspecified atom stereocenters. The Morgan fingerprint density at radius 1 is 0.280 bits per heavy atom. The van der Waals surface area contributed by atoms with Gasteiger partial charge in [0, 0.05) is 19.3 Å². The Morgan fingerprint density at radius 3 is 0.840 bits per heavy atom. The lowest BCUT2D eigenvalue weighted by atomic mass is 10.1. The summed E-state index contributed by atoms with van der Waals surface area (Å²) in [5, 5.41) is 0. The highest BCUT2D eigenvalue weighted by atomic mass is 16.6. The van der Waals surface area contributed by atoms with Crippen LogP contribution in [0.25, 0.3) is 0 Å². The minimum atomic E-state index is -0.814. The first-order valence-electron chi connectivity index (χ1n) is 30.0. The average Bonchev–Trinajstić information content (AvgIpc) is 3.41. The van der Waals surface area contributed by atoms with E-state index < -0.39 is 6.10 Å². The molecule has 0 bridgehead atoms. The van der Waals surface area contributed by atoms with E-state index >= 15 is 0 Å². The highest BCUT2D eigenvalue weighted by Gasteiger charge is 2.19. The standard InChI is InChI=1S/C69H108O6/c1-4-7-10-13-16-19-22-24-26-28-30-32-33-34-35-37-38-40-42-44-47-50-53-56-59-62-68(71)74-65-66(64-73-67(70)61-58-55-52-49-46-21-18-15-12-9-6-3)75-69(72)63-60-57-54-51-48-45-43-41-39-36-31-29-27-25-23-20-17-14-11-8-5-2/h7-8,10-11,15-20,24-27,30-32,34-36,38,40-41,43-44,47,66H,4-6,9,12-14,21-23,28-29,33,37,39,42,45-46,48-65H2,1-3H3/b10-7-,11-8-,18-15-,19-16-,20-17-,26-24-,27-25-,32-30-,35-34-,36-31-,40-38-,43-41-,47-44-. The molecule has 0 aliphatic rings. The van der Waals surface area contributed by atoms with Crippen LogP contribution in [0, 0.1) is 0 Å². The van der Waals surface area contributed by atoms with E-state index in [2.05, 4.69) is 179 Å². The van der Waals surface area contributed by atoms with Gasteiger partial charge in [0.1, 0.15) is 13.2 Å². The molecule has 0 aliphatic heterocycles. The molecule has 0 saturated carbocycles. The molecule has 0 heterocycles. The summed E-state index contributed by atoms with van der Waals surface area (Å²) in [4.78, 5) is 38.2. The lowest BCUT2D eigenvalue weighted by molar-refractivity contribution is -0.167. The Balaban J connectivity index is 4.47. The molecule has 0 aromatic heterocycles. The fourth-order valence-corrected chi connectivity index (χ4v) is 7.55. The number of allylic oxidation sites excluding steroid dienone is 26. The van der Waals surface area contributed by atoms with Crippen LogP contribution in [0.1, 0.15) is 239 Å². The van der Waals surface area contributed by atoms with Crippen molar-refractivity contribution in [2.75, 3.05) is 13.2 Å². The van der Waals surface area contributed by atoms with Crippen molar-refractivity contribution in [2.45, 2.75) is 245 Å². The summed E-state index contributed by atoms with van der Waals surface area (Å²) >= 11 is 0. The van der Waals surface area contributed by atoms with Crippen molar-refractivity contribution in [3.05, 3.63) is 158 Å². The minimum absolute atomic E-state index is 0.108. The topological polar surface area (TPSA) is 78.9 Å². The van der Waals surface area contributed by atoms with Gasteiger partial charge in [0.15, 0.2) is 6.10 Å². The first-order valence-corrected chi connectivity index (χ1v) is 30.0. The zero-order valence-corrected chi connectivity index (χ0v) is 48.0. The van der Waals surface area contributed by atoms with Gasteiger partial charge < -0.3 is 14.2 Å². The van der Waals surface area contributed by atoms with Gasteiger partial charge in [0.2, 0.25) is 0 Å². The molecule has 0 aromatic rings. The number of hydrogen-bond donors (Lipinski definition) is 0. The Kier molecular flexibility index (Phi) is 57.5. The number of carbonyl (C=O) groups is 3. The number of rotatable bonds is 52. The van der Waals surface area contributed by atoms with E-state index in [-0.39, 0.29) is 37.5 Å². The van der Waals surface area contributed by atoms with Gasteiger partial charge in [-0.2, -0.15) is 0 Å². The summed E-state index contributed by atoms with van der Waals surface area (Å²) in [7, 11) is 0. The maximum atomic E-state index is 12.9. The van der Waals surface area contributed by atoms with Gasteiger partial charge in [-0.15, -0.1) is 0 Å². The highest BCUT2D eigenvalue weighted by Crippen LogP contribution is 2.13. The fourth-order valence-electron chi connectivity index (χ4n) is 7.55. The van der Waals surface area contributed by atoms with E-state index in [1.165, 1.54) is 25.7 Å². The summed E-state index contributed by atoms with van der Waals surface area (Å²) < 4.78 is 16.8. The molecule has 420 valence electrons. The lowest BCUT2D eigenvalue weighted by Crippen LogP contribution is -2.30. The summed E-state index contributed by atoms with van der Waals surface area (Å²) in [5.41, 5.74) is 0. The van der Waals surface area contributed by atoms with Gasteiger partial charge in [-0.1, -0.05) is 237 Å². The summed E-state index contributed by atoms with van der Waals surface area (Å²) in [5.74, 6) is -0.978. The molecule has 0 radical (unpaired) electrons. The first-order chi connectivity index (χ1) is 37.0. The van der Waals surface area contributed by atoms with Crippen molar-refractivity contribution >= 4 is 17.9 Å². The third-order valence-corrected chi connectivity index (χ3v) is 12.0. The van der Waals surface area contributed by atoms with E-state index in [4.69, 9.17) is 14.2 Å². The molecule has 75 heavy (non-hydrogen) atoms. The van der Waals surface area contributed by atoms with E-state index in [0.29, 0.717) is 12.8 Å². The van der Waals surface area contributed by atoms with Crippen LogP contribution in [0.2, 0.25) is 0 Å². The van der Waals surface area contributed by atoms with Crippen LogP contribution >= 0.6 is 0 Å². The third-order valence-electron chi connectivity index (χ3n) is 12.0. The van der Waals surface area contributed by atoms with Crippen LogP contribution < -0.4 is 0 Å². The van der Waals surface area contributed by atoms with Gasteiger partial charge in [0.05, 0.1) is 0 Å². The average molecular weight is 1030 g/mol. The van der Waals surface area contributed by atoms with Crippen LogP contribution in [0.3, 0.4) is 0 Å². The molecule has 0 rings (SSSR count). The predicted octanol–water partition coefficient (Wildman–Crippen LogP) is 20.5. The predicted molar refractivity (Wildman–Crippen MR) is 325 cm³/mol. The van der Waals surface area contributed by atoms with Crippen LogP contribution in [-0.2, 0) is 28.6 Å². The number of carbonyl (C=O) groups excluding carboxylic acids is 3.